The van der Waals surface area contributed by atoms with Crippen molar-refractivity contribution in [1.29, 1.82) is 0 Å². The van der Waals surface area contributed by atoms with Crippen LogP contribution in [0.1, 0.15) is 67.7 Å². The molecule has 2 saturated carbocycles. The number of nitrogens with two attached hydrogens (primary N) is 1. The summed E-state index contributed by atoms with van der Waals surface area (Å²) in [6, 6.07) is 7.19. The third-order valence-corrected chi connectivity index (χ3v) is 5.83. The standard InChI is InChI=1S/C19H30N2/c1-13-9-14(2)11-18(10-13)19(21-20)17-8-7-15-5-3-4-6-16(15)12-17/h9-11,15-17,19,21H,3-8,12,20H2,1-2H3. The number of fused-ring (bicyclic) bond motifs is 1. The van der Waals surface area contributed by atoms with Crippen LogP contribution in [0.3, 0.4) is 0 Å². The van der Waals surface area contributed by atoms with Gasteiger partial charge in [0.25, 0.3) is 0 Å². The molecule has 2 aliphatic carbocycles. The number of rotatable bonds is 3. The van der Waals surface area contributed by atoms with Gasteiger partial charge in [0.1, 0.15) is 0 Å². The number of hydrazine groups is 1. The van der Waals surface area contributed by atoms with E-state index in [0.717, 1.165) is 11.8 Å². The van der Waals surface area contributed by atoms with Gasteiger partial charge in [-0.15, -0.1) is 0 Å². The first kappa shape index (κ1) is 15.1. The summed E-state index contributed by atoms with van der Waals surface area (Å²) in [5, 5.41) is 0. The van der Waals surface area contributed by atoms with Crippen LogP contribution >= 0.6 is 0 Å². The summed E-state index contributed by atoms with van der Waals surface area (Å²) in [4.78, 5) is 0. The predicted molar refractivity (Wildman–Crippen MR) is 88.8 cm³/mol. The number of hydrogen-bond donors (Lipinski definition) is 2. The Morgan fingerprint density at radius 1 is 0.952 bits per heavy atom. The van der Waals surface area contributed by atoms with Crippen molar-refractivity contribution in [3.05, 3.63) is 34.9 Å². The summed E-state index contributed by atoms with van der Waals surface area (Å²) >= 11 is 0. The Bertz CT molecular complexity index is 462. The van der Waals surface area contributed by atoms with Crippen molar-refractivity contribution < 1.29 is 0 Å². The lowest BCUT2D eigenvalue weighted by molar-refractivity contribution is 0.109. The Morgan fingerprint density at radius 3 is 2.29 bits per heavy atom. The topological polar surface area (TPSA) is 38.0 Å². The summed E-state index contributed by atoms with van der Waals surface area (Å²) in [7, 11) is 0. The molecule has 0 saturated heterocycles. The highest BCUT2D eigenvalue weighted by Gasteiger charge is 2.35. The second kappa shape index (κ2) is 6.50. The fourth-order valence-corrected chi connectivity index (χ4v) is 4.91. The van der Waals surface area contributed by atoms with Gasteiger partial charge in [0.15, 0.2) is 0 Å². The van der Waals surface area contributed by atoms with Crippen LogP contribution in [0.15, 0.2) is 18.2 Å². The molecule has 2 heteroatoms. The van der Waals surface area contributed by atoms with E-state index >= 15 is 0 Å². The van der Waals surface area contributed by atoms with E-state index in [1.165, 1.54) is 61.6 Å². The summed E-state index contributed by atoms with van der Waals surface area (Å²) < 4.78 is 0. The minimum absolute atomic E-state index is 0.325. The van der Waals surface area contributed by atoms with Crippen LogP contribution in [-0.4, -0.2) is 0 Å². The van der Waals surface area contributed by atoms with Crippen molar-refractivity contribution in [2.75, 3.05) is 0 Å². The Kier molecular flexibility index (Phi) is 4.66. The molecule has 2 fully saturated rings. The van der Waals surface area contributed by atoms with E-state index in [1.54, 1.807) is 0 Å². The zero-order chi connectivity index (χ0) is 14.8. The smallest absolute Gasteiger partial charge is 0.0488 e. The predicted octanol–water partition coefficient (Wildman–Crippen LogP) is 4.41. The molecule has 4 atom stereocenters. The second-order valence-electron chi connectivity index (χ2n) is 7.44. The van der Waals surface area contributed by atoms with E-state index < -0.39 is 0 Å². The molecule has 2 aliphatic rings. The van der Waals surface area contributed by atoms with E-state index in [1.807, 2.05) is 0 Å². The first-order chi connectivity index (χ1) is 10.2. The van der Waals surface area contributed by atoms with Crippen LogP contribution in [-0.2, 0) is 0 Å². The maximum absolute atomic E-state index is 5.95. The van der Waals surface area contributed by atoms with Gasteiger partial charge in [0.2, 0.25) is 0 Å². The lowest BCUT2D eigenvalue weighted by atomic mass is 9.65. The molecule has 0 bridgehead atoms. The molecule has 1 aromatic rings. The van der Waals surface area contributed by atoms with Crippen LogP contribution in [0.2, 0.25) is 0 Å². The van der Waals surface area contributed by atoms with Crippen LogP contribution < -0.4 is 11.3 Å². The molecule has 0 spiro atoms. The zero-order valence-corrected chi connectivity index (χ0v) is 13.6. The second-order valence-corrected chi connectivity index (χ2v) is 7.44. The van der Waals surface area contributed by atoms with Gasteiger partial charge in [-0.3, -0.25) is 11.3 Å². The van der Waals surface area contributed by atoms with Crippen LogP contribution in [0.4, 0.5) is 0 Å². The Balaban J connectivity index is 1.76. The maximum atomic E-state index is 5.95. The van der Waals surface area contributed by atoms with E-state index in [9.17, 15) is 0 Å². The molecule has 0 heterocycles. The quantitative estimate of drug-likeness (QED) is 0.638. The SMILES string of the molecule is Cc1cc(C)cc(C(NN)C2CCC3CCCCC3C2)c1. The lowest BCUT2D eigenvalue weighted by Gasteiger charge is -2.42. The van der Waals surface area contributed by atoms with Crippen molar-refractivity contribution in [1.82, 2.24) is 5.43 Å². The number of nitrogens with one attached hydrogen (secondary N) is 1. The molecule has 116 valence electrons. The summed E-state index contributed by atoms with van der Waals surface area (Å²) in [6.07, 6.45) is 9.94. The highest BCUT2D eigenvalue weighted by atomic mass is 15.2. The fraction of sp³-hybridized carbons (Fsp3) is 0.684. The van der Waals surface area contributed by atoms with E-state index in [0.29, 0.717) is 12.0 Å². The third-order valence-electron chi connectivity index (χ3n) is 5.83. The molecule has 0 amide bonds. The molecule has 0 aliphatic heterocycles. The normalized spacial score (nSPS) is 30.7. The first-order valence-corrected chi connectivity index (χ1v) is 8.71. The maximum Gasteiger partial charge on any atom is 0.0488 e. The Hall–Kier alpha value is -0.860. The number of benzene rings is 1. The molecular weight excluding hydrogens is 256 g/mol. The van der Waals surface area contributed by atoms with Gasteiger partial charge >= 0.3 is 0 Å². The average Bonchev–Trinajstić information content (AvgIpc) is 2.47. The molecule has 0 radical (unpaired) electrons. The molecule has 4 unspecified atom stereocenters. The average molecular weight is 286 g/mol. The van der Waals surface area contributed by atoms with Crippen LogP contribution in [0.5, 0.6) is 0 Å². The molecule has 21 heavy (non-hydrogen) atoms. The first-order valence-electron chi connectivity index (χ1n) is 8.71. The van der Waals surface area contributed by atoms with Gasteiger partial charge in [-0.1, -0.05) is 55.0 Å². The number of aryl methyl sites for hydroxylation is 2. The third kappa shape index (κ3) is 3.32. The molecule has 0 aromatic heterocycles. The summed E-state index contributed by atoms with van der Waals surface area (Å²) in [6.45, 7) is 4.37. The summed E-state index contributed by atoms with van der Waals surface area (Å²) in [5.41, 5.74) is 7.21. The minimum atomic E-state index is 0.325. The molecule has 2 nitrogen and oxygen atoms in total. The molecule has 1 aromatic carbocycles. The van der Waals surface area contributed by atoms with Crippen molar-refractivity contribution >= 4 is 0 Å². The van der Waals surface area contributed by atoms with E-state index in [2.05, 4.69) is 37.5 Å². The van der Waals surface area contributed by atoms with Gasteiger partial charge < -0.3 is 0 Å². The van der Waals surface area contributed by atoms with Crippen LogP contribution in [0, 0.1) is 31.6 Å². The van der Waals surface area contributed by atoms with Gasteiger partial charge in [-0.2, -0.15) is 0 Å². The number of hydrogen-bond acceptors (Lipinski definition) is 2. The van der Waals surface area contributed by atoms with Crippen molar-refractivity contribution in [3.8, 4) is 0 Å². The van der Waals surface area contributed by atoms with E-state index in [-0.39, 0.29) is 0 Å². The Labute approximate surface area is 129 Å². The van der Waals surface area contributed by atoms with Crippen molar-refractivity contribution in [2.24, 2.45) is 23.6 Å². The summed E-state index contributed by atoms with van der Waals surface area (Å²) in [5.74, 6) is 8.62. The minimum Gasteiger partial charge on any atom is -0.271 e. The van der Waals surface area contributed by atoms with Crippen molar-refractivity contribution in [3.63, 3.8) is 0 Å². The zero-order valence-electron chi connectivity index (χ0n) is 13.6. The van der Waals surface area contributed by atoms with Crippen molar-refractivity contribution in [2.45, 2.75) is 64.8 Å². The van der Waals surface area contributed by atoms with Gasteiger partial charge in [-0.25, -0.2) is 0 Å². The largest absolute Gasteiger partial charge is 0.271 e. The highest BCUT2D eigenvalue weighted by Crippen LogP contribution is 2.46. The lowest BCUT2D eigenvalue weighted by Crippen LogP contribution is -2.38. The fourth-order valence-electron chi connectivity index (χ4n) is 4.91. The van der Waals surface area contributed by atoms with Gasteiger partial charge in [0, 0.05) is 6.04 Å². The van der Waals surface area contributed by atoms with Gasteiger partial charge in [0.05, 0.1) is 0 Å². The Morgan fingerprint density at radius 2 is 1.62 bits per heavy atom. The van der Waals surface area contributed by atoms with Crippen LogP contribution in [0.25, 0.3) is 0 Å². The van der Waals surface area contributed by atoms with Gasteiger partial charge in [-0.05, 0) is 56.4 Å². The highest BCUT2D eigenvalue weighted by molar-refractivity contribution is 5.31. The van der Waals surface area contributed by atoms with E-state index in [4.69, 9.17) is 5.84 Å². The monoisotopic (exact) mass is 286 g/mol. The molecule has 3 rings (SSSR count). The molecular formula is C19H30N2. The molecule has 3 N–H and O–H groups in total.